The topological polar surface area (TPSA) is 51.2 Å². The van der Waals surface area contributed by atoms with Crippen molar-refractivity contribution in [3.8, 4) is 0 Å². The van der Waals surface area contributed by atoms with Crippen molar-refractivity contribution < 1.29 is 9.53 Å². The van der Waals surface area contributed by atoms with Crippen molar-refractivity contribution in [2.75, 3.05) is 13.7 Å². The van der Waals surface area contributed by atoms with Gasteiger partial charge in [0, 0.05) is 13.3 Å². The van der Waals surface area contributed by atoms with Crippen LogP contribution in [0.2, 0.25) is 5.15 Å². The van der Waals surface area contributed by atoms with Gasteiger partial charge in [0.2, 0.25) is 0 Å². The molecule has 1 aromatic rings. The average Bonchev–Trinajstić information content (AvgIpc) is 2.29. The van der Waals surface area contributed by atoms with Gasteiger partial charge < -0.3 is 10.1 Å². The molecule has 0 fully saturated rings. The standard InChI is InChI=1S/C12H17ClN2O2/c1-8(2)10(7-17-3)15-12(16)9-4-5-11(13)14-6-9/h4-6,8,10H,7H2,1-3H3,(H,15,16). The molecule has 1 aromatic heterocycles. The summed E-state index contributed by atoms with van der Waals surface area (Å²) >= 11 is 5.66. The second-order valence-electron chi connectivity index (χ2n) is 4.15. The van der Waals surface area contributed by atoms with Crippen LogP contribution in [0.4, 0.5) is 0 Å². The Kier molecular flexibility index (Phi) is 5.38. The fourth-order valence-electron chi connectivity index (χ4n) is 1.34. The molecule has 17 heavy (non-hydrogen) atoms. The van der Waals surface area contributed by atoms with Gasteiger partial charge in [0.05, 0.1) is 18.2 Å². The highest BCUT2D eigenvalue weighted by Gasteiger charge is 2.17. The molecule has 0 aliphatic carbocycles. The number of hydrogen-bond acceptors (Lipinski definition) is 3. The Morgan fingerprint density at radius 3 is 2.71 bits per heavy atom. The summed E-state index contributed by atoms with van der Waals surface area (Å²) in [5, 5.41) is 3.28. The van der Waals surface area contributed by atoms with E-state index in [-0.39, 0.29) is 11.9 Å². The van der Waals surface area contributed by atoms with Crippen LogP contribution in [0.1, 0.15) is 24.2 Å². The van der Waals surface area contributed by atoms with Gasteiger partial charge in [-0.2, -0.15) is 0 Å². The lowest BCUT2D eigenvalue weighted by Gasteiger charge is -2.21. The second-order valence-corrected chi connectivity index (χ2v) is 4.54. The number of ether oxygens (including phenoxy) is 1. The van der Waals surface area contributed by atoms with Crippen LogP contribution in [-0.4, -0.2) is 30.6 Å². The zero-order valence-corrected chi connectivity index (χ0v) is 11.0. The first kappa shape index (κ1) is 13.9. The largest absolute Gasteiger partial charge is 0.383 e. The molecule has 0 bridgehead atoms. The van der Waals surface area contributed by atoms with Gasteiger partial charge >= 0.3 is 0 Å². The lowest BCUT2D eigenvalue weighted by Crippen LogP contribution is -2.41. The van der Waals surface area contributed by atoms with Crippen molar-refractivity contribution in [2.45, 2.75) is 19.9 Å². The molecule has 1 unspecified atom stereocenters. The average molecular weight is 257 g/mol. The summed E-state index contributed by atoms with van der Waals surface area (Å²) < 4.78 is 5.07. The zero-order chi connectivity index (χ0) is 12.8. The number of amides is 1. The van der Waals surface area contributed by atoms with E-state index in [4.69, 9.17) is 16.3 Å². The van der Waals surface area contributed by atoms with Crippen LogP contribution >= 0.6 is 11.6 Å². The highest BCUT2D eigenvalue weighted by molar-refractivity contribution is 6.29. The molecule has 1 atom stereocenters. The van der Waals surface area contributed by atoms with Crippen molar-refractivity contribution in [3.63, 3.8) is 0 Å². The van der Waals surface area contributed by atoms with Gasteiger partial charge in [-0.05, 0) is 18.1 Å². The Balaban J connectivity index is 2.66. The Bertz CT molecular complexity index is 365. The van der Waals surface area contributed by atoms with E-state index in [0.29, 0.717) is 23.2 Å². The molecular formula is C12H17ClN2O2. The number of nitrogens with zero attached hydrogens (tertiary/aromatic N) is 1. The summed E-state index contributed by atoms with van der Waals surface area (Å²) in [5.41, 5.74) is 0.496. The minimum Gasteiger partial charge on any atom is -0.383 e. The van der Waals surface area contributed by atoms with Crippen LogP contribution in [0.25, 0.3) is 0 Å². The van der Waals surface area contributed by atoms with Crippen LogP contribution in [0, 0.1) is 5.92 Å². The molecule has 0 saturated heterocycles. The number of pyridine rings is 1. The van der Waals surface area contributed by atoms with Crippen LogP contribution in [0.3, 0.4) is 0 Å². The number of aromatic nitrogens is 1. The van der Waals surface area contributed by atoms with E-state index >= 15 is 0 Å². The highest BCUT2D eigenvalue weighted by atomic mass is 35.5. The van der Waals surface area contributed by atoms with Gasteiger partial charge in [-0.3, -0.25) is 4.79 Å². The Hall–Kier alpha value is -1.13. The molecule has 0 aliphatic heterocycles. The maximum absolute atomic E-state index is 11.9. The third kappa shape index (κ3) is 4.32. The van der Waals surface area contributed by atoms with E-state index < -0.39 is 0 Å². The van der Waals surface area contributed by atoms with Gasteiger partial charge in [-0.15, -0.1) is 0 Å². The quantitative estimate of drug-likeness (QED) is 0.822. The molecule has 1 heterocycles. The number of halogens is 1. The summed E-state index contributed by atoms with van der Waals surface area (Å²) in [6.45, 7) is 4.55. The third-order valence-electron chi connectivity index (χ3n) is 2.46. The van der Waals surface area contributed by atoms with Crippen LogP contribution in [0.15, 0.2) is 18.3 Å². The first-order chi connectivity index (χ1) is 8.04. The maximum Gasteiger partial charge on any atom is 0.253 e. The van der Waals surface area contributed by atoms with Crippen molar-refractivity contribution in [3.05, 3.63) is 29.0 Å². The number of methoxy groups -OCH3 is 1. The van der Waals surface area contributed by atoms with Crippen molar-refractivity contribution >= 4 is 17.5 Å². The lowest BCUT2D eigenvalue weighted by molar-refractivity contribution is 0.0866. The lowest BCUT2D eigenvalue weighted by atomic mass is 10.1. The van der Waals surface area contributed by atoms with E-state index in [1.165, 1.54) is 6.20 Å². The Morgan fingerprint density at radius 2 is 2.24 bits per heavy atom. The molecule has 0 aliphatic rings. The SMILES string of the molecule is COCC(NC(=O)c1ccc(Cl)nc1)C(C)C. The van der Waals surface area contributed by atoms with E-state index in [1.807, 2.05) is 13.8 Å². The maximum atomic E-state index is 11.9. The van der Waals surface area contributed by atoms with Gasteiger partial charge in [0.15, 0.2) is 0 Å². The summed E-state index contributed by atoms with van der Waals surface area (Å²) in [6.07, 6.45) is 1.46. The van der Waals surface area contributed by atoms with Gasteiger partial charge in [-0.25, -0.2) is 4.98 Å². The summed E-state index contributed by atoms with van der Waals surface area (Å²) in [6, 6.07) is 3.23. The smallest absolute Gasteiger partial charge is 0.253 e. The molecule has 4 nitrogen and oxygen atoms in total. The Labute approximate surface area is 106 Å². The van der Waals surface area contributed by atoms with Crippen LogP contribution < -0.4 is 5.32 Å². The minimum absolute atomic E-state index is 0.0109. The number of nitrogens with one attached hydrogen (secondary N) is 1. The van der Waals surface area contributed by atoms with Crippen LogP contribution in [-0.2, 0) is 4.74 Å². The fraction of sp³-hybridized carbons (Fsp3) is 0.500. The first-order valence-corrected chi connectivity index (χ1v) is 5.83. The molecule has 0 saturated carbocycles. The second kappa shape index (κ2) is 6.57. The van der Waals surface area contributed by atoms with Crippen LogP contribution in [0.5, 0.6) is 0 Å². The first-order valence-electron chi connectivity index (χ1n) is 5.46. The molecule has 0 radical (unpaired) electrons. The van der Waals surface area contributed by atoms with E-state index in [9.17, 15) is 4.79 Å². The van der Waals surface area contributed by atoms with E-state index in [2.05, 4.69) is 10.3 Å². The fourth-order valence-corrected chi connectivity index (χ4v) is 1.45. The highest BCUT2D eigenvalue weighted by Crippen LogP contribution is 2.07. The molecule has 1 rings (SSSR count). The van der Waals surface area contributed by atoms with Gasteiger partial charge in [0.1, 0.15) is 5.15 Å². The monoisotopic (exact) mass is 256 g/mol. The van der Waals surface area contributed by atoms with Crippen molar-refractivity contribution in [2.24, 2.45) is 5.92 Å². The summed E-state index contributed by atoms with van der Waals surface area (Å²) in [7, 11) is 1.62. The van der Waals surface area contributed by atoms with Crippen molar-refractivity contribution in [1.29, 1.82) is 0 Å². The van der Waals surface area contributed by atoms with Gasteiger partial charge in [-0.1, -0.05) is 25.4 Å². The number of hydrogen-bond donors (Lipinski definition) is 1. The molecular weight excluding hydrogens is 240 g/mol. The predicted molar refractivity (Wildman–Crippen MR) is 67.2 cm³/mol. The normalized spacial score (nSPS) is 12.5. The zero-order valence-electron chi connectivity index (χ0n) is 10.2. The molecule has 0 aromatic carbocycles. The summed E-state index contributed by atoms with van der Waals surface area (Å²) in [4.78, 5) is 15.8. The predicted octanol–water partition coefficient (Wildman–Crippen LogP) is 2.14. The molecule has 5 heteroatoms. The van der Waals surface area contributed by atoms with Crippen molar-refractivity contribution in [1.82, 2.24) is 10.3 Å². The molecule has 1 N–H and O–H groups in total. The Morgan fingerprint density at radius 1 is 1.53 bits per heavy atom. The molecule has 94 valence electrons. The minimum atomic E-state index is -0.162. The third-order valence-corrected chi connectivity index (χ3v) is 2.68. The molecule has 0 spiro atoms. The molecule has 1 amide bonds. The van der Waals surface area contributed by atoms with E-state index in [1.54, 1.807) is 19.2 Å². The van der Waals surface area contributed by atoms with E-state index in [0.717, 1.165) is 0 Å². The summed E-state index contributed by atoms with van der Waals surface area (Å²) in [5.74, 6) is 0.143. The number of rotatable bonds is 5. The number of carbonyl (C=O) groups excluding carboxylic acids is 1. The number of carbonyl (C=O) groups is 1. The van der Waals surface area contributed by atoms with Gasteiger partial charge in [0.25, 0.3) is 5.91 Å².